The molecule has 3 rings (SSSR count). The van der Waals surface area contributed by atoms with Gasteiger partial charge >= 0.3 is 0 Å². The molecule has 0 amide bonds. The first-order valence-electron chi connectivity index (χ1n) is 5.76. The Morgan fingerprint density at radius 1 is 0.938 bits per heavy atom. The second-order valence-corrected chi connectivity index (χ2v) is 4.69. The highest BCUT2D eigenvalue weighted by Crippen LogP contribution is 2.26. The number of Topliss-reactive ketones (excluding diaryl/α,β-unsaturated/α-hetero) is 1. The topological polar surface area (TPSA) is 17.1 Å². The van der Waals surface area contributed by atoms with Crippen LogP contribution in [0, 0.1) is 6.92 Å². The predicted molar refractivity (Wildman–Crippen MR) is 65.7 cm³/mol. The Labute approximate surface area is 95.1 Å². The summed E-state index contributed by atoms with van der Waals surface area (Å²) in [5.74, 6) is 0.374. The average molecular weight is 210 g/mol. The molecule has 0 N–H and O–H groups in total. The molecule has 1 aliphatic carbocycles. The Bertz CT molecular complexity index is 581. The second kappa shape index (κ2) is 3.44. The molecule has 0 aromatic heterocycles. The van der Waals surface area contributed by atoms with E-state index in [1.807, 2.05) is 0 Å². The number of hydrogen-bond acceptors (Lipinski definition) is 1. The van der Waals surface area contributed by atoms with Crippen molar-refractivity contribution in [1.82, 2.24) is 0 Å². The minimum atomic E-state index is 0.374. The van der Waals surface area contributed by atoms with Crippen molar-refractivity contribution in [2.75, 3.05) is 0 Å². The lowest BCUT2D eigenvalue weighted by Gasteiger charge is -2.16. The quantitative estimate of drug-likeness (QED) is 0.652. The van der Waals surface area contributed by atoms with E-state index in [0.717, 1.165) is 6.42 Å². The number of rotatable bonds is 0. The SMILES string of the molecule is Cc1ccc2cc3c(cc2c1)CCC(=O)C3. The molecular weight excluding hydrogens is 196 g/mol. The molecular formula is C15H14O. The number of hydrogen-bond donors (Lipinski definition) is 0. The molecule has 2 aromatic carbocycles. The molecule has 0 unspecified atom stereocenters. The number of carbonyl (C=O) groups excluding carboxylic acids is 1. The van der Waals surface area contributed by atoms with Gasteiger partial charge in [0.25, 0.3) is 0 Å². The van der Waals surface area contributed by atoms with Crippen LogP contribution in [0.25, 0.3) is 10.8 Å². The maximum Gasteiger partial charge on any atom is 0.137 e. The van der Waals surface area contributed by atoms with Gasteiger partial charge in [-0.1, -0.05) is 35.9 Å². The van der Waals surface area contributed by atoms with Crippen molar-refractivity contribution in [2.24, 2.45) is 0 Å². The van der Waals surface area contributed by atoms with Crippen LogP contribution in [-0.2, 0) is 17.6 Å². The zero-order valence-corrected chi connectivity index (χ0v) is 9.42. The van der Waals surface area contributed by atoms with Crippen LogP contribution in [0.2, 0.25) is 0 Å². The molecule has 1 nitrogen and oxygen atoms in total. The van der Waals surface area contributed by atoms with Crippen LogP contribution in [0.3, 0.4) is 0 Å². The van der Waals surface area contributed by atoms with E-state index in [4.69, 9.17) is 0 Å². The maximum absolute atomic E-state index is 11.4. The standard InChI is InChI=1S/C15H14O/c1-10-2-3-11-8-14-9-15(16)5-4-12(14)7-13(11)6-10/h2-3,6-8H,4-5,9H2,1H3. The summed E-state index contributed by atoms with van der Waals surface area (Å²) in [6.45, 7) is 2.11. The minimum Gasteiger partial charge on any atom is -0.299 e. The molecule has 0 aliphatic heterocycles. The fourth-order valence-electron chi connectivity index (χ4n) is 2.48. The van der Waals surface area contributed by atoms with E-state index in [2.05, 4.69) is 37.3 Å². The van der Waals surface area contributed by atoms with Crippen LogP contribution in [0.1, 0.15) is 23.1 Å². The largest absolute Gasteiger partial charge is 0.299 e. The number of benzene rings is 2. The van der Waals surface area contributed by atoms with E-state index < -0.39 is 0 Å². The first kappa shape index (κ1) is 9.59. The summed E-state index contributed by atoms with van der Waals surface area (Å²) in [6, 6.07) is 10.9. The summed E-state index contributed by atoms with van der Waals surface area (Å²) in [6.07, 6.45) is 2.25. The normalized spacial score (nSPS) is 15.2. The highest BCUT2D eigenvalue weighted by Gasteiger charge is 2.15. The van der Waals surface area contributed by atoms with E-state index in [9.17, 15) is 4.79 Å². The second-order valence-electron chi connectivity index (χ2n) is 4.69. The first-order chi connectivity index (χ1) is 7.72. The molecule has 0 saturated carbocycles. The van der Waals surface area contributed by atoms with Crippen LogP contribution >= 0.6 is 0 Å². The first-order valence-corrected chi connectivity index (χ1v) is 5.76. The van der Waals surface area contributed by atoms with E-state index >= 15 is 0 Å². The summed E-state index contributed by atoms with van der Waals surface area (Å²) < 4.78 is 0. The van der Waals surface area contributed by atoms with Gasteiger partial charge < -0.3 is 0 Å². The highest BCUT2D eigenvalue weighted by molar-refractivity contribution is 5.89. The number of carbonyl (C=O) groups is 1. The monoisotopic (exact) mass is 210 g/mol. The van der Waals surface area contributed by atoms with Crippen LogP contribution < -0.4 is 0 Å². The minimum absolute atomic E-state index is 0.374. The molecule has 0 saturated heterocycles. The third-order valence-electron chi connectivity index (χ3n) is 3.38. The van der Waals surface area contributed by atoms with Crippen molar-refractivity contribution < 1.29 is 4.79 Å². The molecule has 80 valence electrons. The van der Waals surface area contributed by atoms with Crippen molar-refractivity contribution in [3.05, 3.63) is 47.0 Å². The summed E-state index contributed by atoms with van der Waals surface area (Å²) in [7, 11) is 0. The van der Waals surface area contributed by atoms with E-state index in [1.54, 1.807) is 0 Å². The molecule has 16 heavy (non-hydrogen) atoms. The zero-order valence-electron chi connectivity index (χ0n) is 9.42. The Morgan fingerprint density at radius 3 is 2.62 bits per heavy atom. The number of ketones is 1. The van der Waals surface area contributed by atoms with Gasteiger partial charge in [0.1, 0.15) is 5.78 Å². The van der Waals surface area contributed by atoms with Gasteiger partial charge in [-0.15, -0.1) is 0 Å². The van der Waals surface area contributed by atoms with Crippen molar-refractivity contribution in [2.45, 2.75) is 26.2 Å². The third-order valence-corrected chi connectivity index (χ3v) is 3.38. The number of aryl methyl sites for hydroxylation is 2. The third kappa shape index (κ3) is 1.53. The molecule has 0 fully saturated rings. The van der Waals surface area contributed by atoms with Gasteiger partial charge in [0.05, 0.1) is 0 Å². The summed E-state index contributed by atoms with van der Waals surface area (Å²) >= 11 is 0. The zero-order chi connectivity index (χ0) is 11.1. The molecule has 1 aliphatic rings. The lowest BCUT2D eigenvalue weighted by Crippen LogP contribution is -2.12. The van der Waals surface area contributed by atoms with Crippen LogP contribution in [0.5, 0.6) is 0 Å². The summed E-state index contributed by atoms with van der Waals surface area (Å²) in [5.41, 5.74) is 3.88. The van der Waals surface area contributed by atoms with Crippen LogP contribution in [-0.4, -0.2) is 5.78 Å². The molecule has 0 atom stereocenters. The van der Waals surface area contributed by atoms with E-state index in [-0.39, 0.29) is 0 Å². The van der Waals surface area contributed by atoms with Gasteiger partial charge in [0, 0.05) is 12.8 Å². The van der Waals surface area contributed by atoms with E-state index in [1.165, 1.54) is 27.5 Å². The van der Waals surface area contributed by atoms with Crippen molar-refractivity contribution in [3.8, 4) is 0 Å². The average Bonchev–Trinajstić information content (AvgIpc) is 2.26. The van der Waals surface area contributed by atoms with Crippen molar-refractivity contribution in [1.29, 1.82) is 0 Å². The Morgan fingerprint density at radius 2 is 1.75 bits per heavy atom. The molecule has 0 heterocycles. The highest BCUT2D eigenvalue weighted by atomic mass is 16.1. The smallest absolute Gasteiger partial charge is 0.137 e. The van der Waals surface area contributed by atoms with Gasteiger partial charge in [0.2, 0.25) is 0 Å². The summed E-state index contributed by atoms with van der Waals surface area (Å²) in [5, 5.41) is 2.55. The van der Waals surface area contributed by atoms with Crippen LogP contribution in [0.4, 0.5) is 0 Å². The van der Waals surface area contributed by atoms with Crippen molar-refractivity contribution in [3.63, 3.8) is 0 Å². The number of fused-ring (bicyclic) bond motifs is 2. The lowest BCUT2D eigenvalue weighted by molar-refractivity contribution is -0.118. The Hall–Kier alpha value is -1.63. The van der Waals surface area contributed by atoms with Gasteiger partial charge in [-0.25, -0.2) is 0 Å². The van der Waals surface area contributed by atoms with Gasteiger partial charge in [-0.05, 0) is 35.2 Å². The molecule has 0 spiro atoms. The maximum atomic E-state index is 11.4. The fourth-order valence-corrected chi connectivity index (χ4v) is 2.48. The fraction of sp³-hybridized carbons (Fsp3) is 0.267. The molecule has 1 heteroatoms. The lowest BCUT2D eigenvalue weighted by atomic mass is 9.88. The van der Waals surface area contributed by atoms with Gasteiger partial charge in [0.15, 0.2) is 0 Å². The Kier molecular flexibility index (Phi) is 2.06. The van der Waals surface area contributed by atoms with Gasteiger partial charge in [-0.3, -0.25) is 4.79 Å². The predicted octanol–water partition coefficient (Wildman–Crippen LogP) is 3.21. The van der Waals surface area contributed by atoms with Crippen molar-refractivity contribution >= 4 is 16.6 Å². The van der Waals surface area contributed by atoms with Crippen LogP contribution in [0.15, 0.2) is 30.3 Å². The molecule has 0 radical (unpaired) electrons. The molecule has 0 bridgehead atoms. The van der Waals surface area contributed by atoms with Gasteiger partial charge in [-0.2, -0.15) is 0 Å². The molecule has 2 aromatic rings. The summed E-state index contributed by atoms with van der Waals surface area (Å²) in [4.78, 5) is 11.4. The van der Waals surface area contributed by atoms with E-state index in [0.29, 0.717) is 18.6 Å². The Balaban J connectivity index is 2.23.